The zero-order valence-corrected chi connectivity index (χ0v) is 14.8. The van der Waals surface area contributed by atoms with Gasteiger partial charge in [0.25, 0.3) is 0 Å². The number of hydrogen-bond donors (Lipinski definition) is 1. The molecule has 1 aliphatic heterocycles. The van der Waals surface area contributed by atoms with Gasteiger partial charge in [0.2, 0.25) is 5.89 Å². The normalized spacial score (nSPS) is 18.8. The lowest BCUT2D eigenvalue weighted by Gasteiger charge is -2.46. The summed E-state index contributed by atoms with van der Waals surface area (Å²) in [4.78, 5) is 9.19. The van der Waals surface area contributed by atoms with E-state index >= 15 is 0 Å². The van der Waals surface area contributed by atoms with Gasteiger partial charge in [-0.3, -0.25) is 9.80 Å². The van der Waals surface area contributed by atoms with E-state index in [1.165, 1.54) is 5.56 Å². The third kappa shape index (κ3) is 3.69. The minimum Gasteiger partial charge on any atom is -0.439 e. The number of aliphatic hydroxyl groups is 1. The molecular formula is C19H27N3O2. The summed E-state index contributed by atoms with van der Waals surface area (Å²) in [5.41, 5.74) is 2.34. The lowest BCUT2D eigenvalue weighted by Crippen LogP contribution is -2.59. The molecule has 0 atom stereocenters. The van der Waals surface area contributed by atoms with Crippen molar-refractivity contribution in [3.8, 4) is 11.3 Å². The maximum absolute atomic E-state index is 9.20. The number of β-amino-alcohol motifs (C(OH)–C–C–N with tert-alkyl or cyclic N) is 1. The Kier molecular flexibility index (Phi) is 5.04. The highest BCUT2D eigenvalue weighted by molar-refractivity contribution is 5.60. The summed E-state index contributed by atoms with van der Waals surface area (Å²) in [7, 11) is 0. The average Bonchev–Trinajstić information content (AvgIpc) is 2.98. The number of aryl methyl sites for hydroxylation is 1. The van der Waals surface area contributed by atoms with Gasteiger partial charge < -0.3 is 9.52 Å². The van der Waals surface area contributed by atoms with Crippen molar-refractivity contribution in [1.29, 1.82) is 0 Å². The van der Waals surface area contributed by atoms with E-state index in [2.05, 4.69) is 47.7 Å². The van der Waals surface area contributed by atoms with Crippen LogP contribution in [0.2, 0.25) is 0 Å². The first-order chi connectivity index (χ1) is 11.5. The van der Waals surface area contributed by atoms with Crippen LogP contribution in [0, 0.1) is 6.92 Å². The maximum atomic E-state index is 9.20. The fourth-order valence-electron chi connectivity index (χ4n) is 3.51. The Hall–Kier alpha value is -1.69. The molecule has 0 saturated carbocycles. The SMILES string of the molecule is Cc1ccccc1-c1cnc(CN2CCN(CCO)C(C)(C)C2)o1. The first kappa shape index (κ1) is 17.1. The van der Waals surface area contributed by atoms with Gasteiger partial charge in [0.05, 0.1) is 19.3 Å². The topological polar surface area (TPSA) is 52.7 Å². The lowest BCUT2D eigenvalue weighted by atomic mass is 9.99. The Morgan fingerprint density at radius 1 is 1.25 bits per heavy atom. The van der Waals surface area contributed by atoms with Crippen LogP contribution >= 0.6 is 0 Å². The van der Waals surface area contributed by atoms with E-state index in [0.29, 0.717) is 0 Å². The van der Waals surface area contributed by atoms with Crippen molar-refractivity contribution < 1.29 is 9.52 Å². The van der Waals surface area contributed by atoms with Gasteiger partial charge in [-0.25, -0.2) is 4.98 Å². The number of rotatable bonds is 5. The Bertz CT molecular complexity index is 681. The predicted molar refractivity (Wildman–Crippen MR) is 94.7 cm³/mol. The number of benzene rings is 1. The predicted octanol–water partition coefficient (Wildman–Crippen LogP) is 2.54. The van der Waals surface area contributed by atoms with Crippen LogP contribution in [0.1, 0.15) is 25.3 Å². The van der Waals surface area contributed by atoms with Crippen molar-refractivity contribution in [1.82, 2.24) is 14.8 Å². The molecule has 24 heavy (non-hydrogen) atoms. The van der Waals surface area contributed by atoms with E-state index in [1.807, 2.05) is 18.3 Å². The van der Waals surface area contributed by atoms with Crippen molar-refractivity contribution in [3.05, 3.63) is 41.9 Å². The molecule has 1 N–H and O–H groups in total. The number of piperazine rings is 1. The van der Waals surface area contributed by atoms with E-state index < -0.39 is 0 Å². The van der Waals surface area contributed by atoms with Crippen LogP contribution in [-0.2, 0) is 6.54 Å². The molecule has 5 nitrogen and oxygen atoms in total. The highest BCUT2D eigenvalue weighted by Gasteiger charge is 2.33. The van der Waals surface area contributed by atoms with E-state index in [0.717, 1.165) is 49.9 Å². The molecule has 0 bridgehead atoms. The van der Waals surface area contributed by atoms with Gasteiger partial charge in [0.1, 0.15) is 0 Å². The molecule has 0 radical (unpaired) electrons. The summed E-state index contributed by atoms with van der Waals surface area (Å²) >= 11 is 0. The summed E-state index contributed by atoms with van der Waals surface area (Å²) < 4.78 is 5.99. The molecule has 2 aromatic rings. The highest BCUT2D eigenvalue weighted by Crippen LogP contribution is 2.26. The van der Waals surface area contributed by atoms with E-state index in [1.54, 1.807) is 0 Å². The van der Waals surface area contributed by atoms with Crippen LogP contribution in [0.4, 0.5) is 0 Å². The largest absolute Gasteiger partial charge is 0.439 e. The lowest BCUT2D eigenvalue weighted by molar-refractivity contribution is 0.00357. The number of oxazole rings is 1. The number of aromatic nitrogens is 1. The quantitative estimate of drug-likeness (QED) is 0.913. The van der Waals surface area contributed by atoms with Gasteiger partial charge in [-0.2, -0.15) is 0 Å². The average molecular weight is 329 g/mol. The molecule has 0 aliphatic carbocycles. The molecule has 1 aromatic carbocycles. The van der Waals surface area contributed by atoms with E-state index in [9.17, 15) is 5.11 Å². The first-order valence-electron chi connectivity index (χ1n) is 8.58. The monoisotopic (exact) mass is 329 g/mol. The van der Waals surface area contributed by atoms with Gasteiger partial charge >= 0.3 is 0 Å². The van der Waals surface area contributed by atoms with Crippen molar-refractivity contribution in [2.24, 2.45) is 0 Å². The standard InChI is InChI=1S/C19H27N3O2/c1-15-6-4-5-7-16(15)17-12-20-18(24-17)13-21-8-9-22(10-11-23)19(2,3)14-21/h4-7,12,23H,8-11,13-14H2,1-3H3. The van der Waals surface area contributed by atoms with Crippen molar-refractivity contribution >= 4 is 0 Å². The van der Waals surface area contributed by atoms with Gasteiger partial charge in [-0.05, 0) is 26.3 Å². The molecule has 1 aliphatic rings. The van der Waals surface area contributed by atoms with E-state index in [-0.39, 0.29) is 12.1 Å². The third-order valence-corrected chi connectivity index (χ3v) is 4.85. The summed E-state index contributed by atoms with van der Waals surface area (Å²) in [6.45, 7) is 11.1. The van der Waals surface area contributed by atoms with Crippen LogP contribution in [0.15, 0.2) is 34.9 Å². The molecule has 2 heterocycles. The van der Waals surface area contributed by atoms with Gasteiger partial charge in [0, 0.05) is 37.3 Å². The molecule has 0 amide bonds. The number of hydrogen-bond acceptors (Lipinski definition) is 5. The summed E-state index contributed by atoms with van der Waals surface area (Å²) in [6.07, 6.45) is 1.82. The smallest absolute Gasteiger partial charge is 0.209 e. The molecule has 1 saturated heterocycles. The Morgan fingerprint density at radius 3 is 2.75 bits per heavy atom. The molecule has 3 rings (SSSR count). The second-order valence-corrected chi connectivity index (χ2v) is 7.17. The molecule has 5 heteroatoms. The maximum Gasteiger partial charge on any atom is 0.209 e. The third-order valence-electron chi connectivity index (χ3n) is 4.85. The van der Waals surface area contributed by atoms with Gasteiger partial charge in [-0.15, -0.1) is 0 Å². The summed E-state index contributed by atoms with van der Waals surface area (Å²) in [5, 5.41) is 9.20. The zero-order valence-electron chi connectivity index (χ0n) is 14.8. The molecule has 1 aromatic heterocycles. The van der Waals surface area contributed by atoms with Crippen molar-refractivity contribution in [2.75, 3.05) is 32.8 Å². The molecule has 0 unspecified atom stereocenters. The van der Waals surface area contributed by atoms with Crippen molar-refractivity contribution in [3.63, 3.8) is 0 Å². The molecule has 1 fully saturated rings. The highest BCUT2D eigenvalue weighted by atomic mass is 16.4. The second kappa shape index (κ2) is 7.05. The zero-order chi connectivity index (χ0) is 17.2. The first-order valence-corrected chi connectivity index (χ1v) is 8.58. The van der Waals surface area contributed by atoms with Crippen molar-refractivity contribution in [2.45, 2.75) is 32.9 Å². The molecule has 0 spiro atoms. The van der Waals surface area contributed by atoms with Crippen LogP contribution in [0.25, 0.3) is 11.3 Å². The summed E-state index contributed by atoms with van der Waals surface area (Å²) in [5.74, 6) is 1.60. The van der Waals surface area contributed by atoms with Gasteiger partial charge in [-0.1, -0.05) is 24.3 Å². The summed E-state index contributed by atoms with van der Waals surface area (Å²) in [6, 6.07) is 8.20. The van der Waals surface area contributed by atoms with Crippen LogP contribution in [-0.4, -0.2) is 58.2 Å². The van der Waals surface area contributed by atoms with E-state index in [4.69, 9.17) is 4.42 Å². The fraction of sp³-hybridized carbons (Fsp3) is 0.526. The van der Waals surface area contributed by atoms with Crippen LogP contribution in [0.5, 0.6) is 0 Å². The molecular weight excluding hydrogens is 302 g/mol. The second-order valence-electron chi connectivity index (χ2n) is 7.17. The van der Waals surface area contributed by atoms with Crippen LogP contribution < -0.4 is 0 Å². The Balaban J connectivity index is 1.67. The van der Waals surface area contributed by atoms with Gasteiger partial charge in [0.15, 0.2) is 5.76 Å². The minimum atomic E-state index is 0.0480. The molecule has 130 valence electrons. The fourth-order valence-corrected chi connectivity index (χ4v) is 3.51. The Morgan fingerprint density at radius 2 is 2.04 bits per heavy atom. The van der Waals surface area contributed by atoms with Crippen LogP contribution in [0.3, 0.4) is 0 Å². The number of nitrogens with zero attached hydrogens (tertiary/aromatic N) is 3. The number of aliphatic hydroxyl groups excluding tert-OH is 1. The Labute approximate surface area is 143 Å². The minimum absolute atomic E-state index is 0.0480.